The topological polar surface area (TPSA) is 87.5 Å². The highest BCUT2D eigenvalue weighted by molar-refractivity contribution is 6.14. The Morgan fingerprint density at radius 2 is 1.75 bits per heavy atom. The van der Waals surface area contributed by atoms with Crippen molar-refractivity contribution in [3.63, 3.8) is 0 Å². The first-order chi connectivity index (χ1) is 9.66. The number of rotatable bonds is 1. The van der Waals surface area contributed by atoms with Gasteiger partial charge >= 0.3 is 6.03 Å². The Labute approximate surface area is 115 Å². The van der Waals surface area contributed by atoms with Crippen molar-refractivity contribution in [3.05, 3.63) is 54.1 Å². The second-order valence-electron chi connectivity index (χ2n) is 4.31. The SMILES string of the molecule is Nc1ccccc1C(=O)N1NC(=O)Nc2ccccc21. The first-order valence-corrected chi connectivity index (χ1v) is 6.02. The standard InChI is InChI=1S/C14H12N4O2/c15-10-6-2-1-5-9(10)13(19)18-12-8-4-3-7-11(12)16-14(20)17-18/h1-8H,15H2,(H2,16,17,20). The second-order valence-corrected chi connectivity index (χ2v) is 4.31. The van der Waals surface area contributed by atoms with E-state index in [1.807, 2.05) is 0 Å². The predicted molar refractivity (Wildman–Crippen MR) is 76.3 cm³/mol. The number of hydrazine groups is 1. The molecular formula is C14H12N4O2. The van der Waals surface area contributed by atoms with Crippen LogP contribution in [0, 0.1) is 0 Å². The number of anilines is 3. The number of carbonyl (C=O) groups is 2. The van der Waals surface area contributed by atoms with Gasteiger partial charge in [0.05, 0.1) is 16.9 Å². The molecule has 6 nitrogen and oxygen atoms in total. The number of nitrogen functional groups attached to an aromatic ring is 1. The lowest BCUT2D eigenvalue weighted by Gasteiger charge is -2.30. The van der Waals surface area contributed by atoms with Crippen molar-refractivity contribution < 1.29 is 9.59 Å². The molecule has 0 aliphatic carbocycles. The van der Waals surface area contributed by atoms with Crippen LogP contribution in [-0.4, -0.2) is 11.9 Å². The summed E-state index contributed by atoms with van der Waals surface area (Å²) in [7, 11) is 0. The van der Waals surface area contributed by atoms with E-state index in [2.05, 4.69) is 10.7 Å². The van der Waals surface area contributed by atoms with Crippen LogP contribution in [0.2, 0.25) is 0 Å². The summed E-state index contributed by atoms with van der Waals surface area (Å²) in [4.78, 5) is 24.1. The summed E-state index contributed by atoms with van der Waals surface area (Å²) in [5, 5.41) is 3.83. The van der Waals surface area contributed by atoms with Crippen molar-refractivity contribution >= 4 is 29.0 Å². The lowest BCUT2D eigenvalue weighted by Crippen LogP contribution is -2.51. The lowest BCUT2D eigenvalue weighted by molar-refractivity contribution is 0.0977. The molecule has 100 valence electrons. The van der Waals surface area contributed by atoms with Crippen LogP contribution >= 0.6 is 0 Å². The number of nitrogens with two attached hydrogens (primary N) is 1. The first kappa shape index (κ1) is 12.0. The van der Waals surface area contributed by atoms with E-state index in [4.69, 9.17) is 5.73 Å². The predicted octanol–water partition coefficient (Wildman–Crippen LogP) is 1.97. The third-order valence-electron chi connectivity index (χ3n) is 3.00. The van der Waals surface area contributed by atoms with Crippen molar-refractivity contribution in [2.45, 2.75) is 0 Å². The molecule has 1 aliphatic rings. The molecule has 0 spiro atoms. The fourth-order valence-electron chi connectivity index (χ4n) is 2.06. The van der Waals surface area contributed by atoms with Crippen LogP contribution in [0.3, 0.4) is 0 Å². The van der Waals surface area contributed by atoms with Gasteiger partial charge < -0.3 is 11.1 Å². The number of benzene rings is 2. The molecule has 0 atom stereocenters. The highest BCUT2D eigenvalue weighted by atomic mass is 16.2. The Bertz CT molecular complexity index is 699. The minimum Gasteiger partial charge on any atom is -0.398 e. The number of carbonyl (C=O) groups excluding carboxylic acids is 2. The number of nitrogens with zero attached hydrogens (tertiary/aromatic N) is 1. The number of fused-ring (bicyclic) bond motifs is 1. The Balaban J connectivity index is 2.05. The molecule has 3 amide bonds. The first-order valence-electron chi connectivity index (χ1n) is 6.02. The maximum atomic E-state index is 12.5. The molecule has 2 aromatic carbocycles. The van der Waals surface area contributed by atoms with Crippen molar-refractivity contribution in [3.8, 4) is 0 Å². The van der Waals surface area contributed by atoms with Crippen LogP contribution in [-0.2, 0) is 0 Å². The molecule has 4 N–H and O–H groups in total. The number of para-hydroxylation sites is 3. The Morgan fingerprint density at radius 3 is 2.55 bits per heavy atom. The van der Waals surface area contributed by atoms with Crippen LogP contribution in [0.1, 0.15) is 10.4 Å². The number of hydrogen-bond acceptors (Lipinski definition) is 3. The monoisotopic (exact) mass is 268 g/mol. The van der Waals surface area contributed by atoms with Gasteiger partial charge in [-0.25, -0.2) is 15.2 Å². The third-order valence-corrected chi connectivity index (χ3v) is 3.00. The number of amides is 3. The van der Waals surface area contributed by atoms with Gasteiger partial charge in [0.15, 0.2) is 0 Å². The highest BCUT2D eigenvalue weighted by Crippen LogP contribution is 2.29. The van der Waals surface area contributed by atoms with E-state index >= 15 is 0 Å². The molecule has 0 bridgehead atoms. The molecule has 20 heavy (non-hydrogen) atoms. The quantitative estimate of drug-likeness (QED) is 0.691. The molecule has 0 aromatic heterocycles. The molecule has 6 heteroatoms. The van der Waals surface area contributed by atoms with Gasteiger partial charge in [-0.1, -0.05) is 24.3 Å². The summed E-state index contributed by atoms with van der Waals surface area (Å²) in [5.74, 6) is -0.384. The summed E-state index contributed by atoms with van der Waals surface area (Å²) >= 11 is 0. The number of nitrogens with one attached hydrogen (secondary N) is 2. The van der Waals surface area contributed by atoms with Gasteiger partial charge in [-0.15, -0.1) is 0 Å². The Morgan fingerprint density at radius 1 is 1.05 bits per heavy atom. The number of urea groups is 1. The zero-order chi connectivity index (χ0) is 14.1. The Hall–Kier alpha value is -3.02. The molecule has 0 saturated heterocycles. The molecule has 1 aliphatic heterocycles. The van der Waals surface area contributed by atoms with Crippen molar-refractivity contribution in [1.29, 1.82) is 0 Å². The van der Waals surface area contributed by atoms with E-state index in [-0.39, 0.29) is 5.91 Å². The average Bonchev–Trinajstić information content (AvgIpc) is 2.46. The van der Waals surface area contributed by atoms with E-state index in [0.29, 0.717) is 22.6 Å². The van der Waals surface area contributed by atoms with Gasteiger partial charge in [0, 0.05) is 5.69 Å². The second kappa shape index (κ2) is 4.58. The van der Waals surface area contributed by atoms with Crippen molar-refractivity contribution in [2.75, 3.05) is 16.1 Å². The fraction of sp³-hybridized carbons (Fsp3) is 0. The van der Waals surface area contributed by atoms with Gasteiger partial charge in [-0.2, -0.15) is 0 Å². The molecule has 0 fully saturated rings. The van der Waals surface area contributed by atoms with Gasteiger partial charge in [0.25, 0.3) is 5.91 Å². The van der Waals surface area contributed by atoms with Crippen LogP contribution in [0.5, 0.6) is 0 Å². The summed E-state index contributed by atoms with van der Waals surface area (Å²) < 4.78 is 0. The van der Waals surface area contributed by atoms with E-state index in [1.54, 1.807) is 48.5 Å². The van der Waals surface area contributed by atoms with E-state index in [0.717, 1.165) is 0 Å². The molecule has 0 unspecified atom stereocenters. The summed E-state index contributed by atoms with van der Waals surface area (Å²) in [6.45, 7) is 0. The zero-order valence-electron chi connectivity index (χ0n) is 10.5. The van der Waals surface area contributed by atoms with E-state index < -0.39 is 6.03 Å². The zero-order valence-corrected chi connectivity index (χ0v) is 10.5. The van der Waals surface area contributed by atoms with E-state index in [9.17, 15) is 9.59 Å². The highest BCUT2D eigenvalue weighted by Gasteiger charge is 2.27. The van der Waals surface area contributed by atoms with Crippen LogP contribution < -0.4 is 21.5 Å². The van der Waals surface area contributed by atoms with E-state index in [1.165, 1.54) is 5.01 Å². The fourth-order valence-corrected chi connectivity index (χ4v) is 2.06. The molecule has 0 radical (unpaired) electrons. The van der Waals surface area contributed by atoms with Crippen molar-refractivity contribution in [2.24, 2.45) is 0 Å². The van der Waals surface area contributed by atoms with Crippen LogP contribution in [0.15, 0.2) is 48.5 Å². The Kier molecular flexibility index (Phi) is 2.76. The van der Waals surface area contributed by atoms with Crippen molar-refractivity contribution in [1.82, 2.24) is 5.43 Å². The normalized spacial score (nSPS) is 13.2. The van der Waals surface area contributed by atoms with Crippen LogP contribution in [0.25, 0.3) is 0 Å². The molecular weight excluding hydrogens is 256 g/mol. The molecule has 0 saturated carbocycles. The summed E-state index contributed by atoms with van der Waals surface area (Å²) in [6, 6.07) is 13.3. The van der Waals surface area contributed by atoms with Gasteiger partial charge in [0.2, 0.25) is 0 Å². The number of hydrogen-bond donors (Lipinski definition) is 3. The minimum absolute atomic E-state index is 0.338. The summed E-state index contributed by atoms with van der Waals surface area (Å²) in [5.41, 5.74) is 10.1. The van der Waals surface area contributed by atoms with Gasteiger partial charge in [-0.05, 0) is 24.3 Å². The smallest absolute Gasteiger partial charge is 0.338 e. The van der Waals surface area contributed by atoms with Gasteiger partial charge in [-0.3, -0.25) is 4.79 Å². The maximum Gasteiger partial charge on any atom is 0.338 e. The third kappa shape index (κ3) is 1.93. The molecule has 3 rings (SSSR count). The average molecular weight is 268 g/mol. The maximum absolute atomic E-state index is 12.5. The molecule has 2 aromatic rings. The van der Waals surface area contributed by atoms with Crippen LogP contribution in [0.4, 0.5) is 21.9 Å². The minimum atomic E-state index is -0.466. The van der Waals surface area contributed by atoms with Gasteiger partial charge in [0.1, 0.15) is 0 Å². The lowest BCUT2D eigenvalue weighted by atomic mass is 10.1. The largest absolute Gasteiger partial charge is 0.398 e. The molecule has 1 heterocycles. The summed E-state index contributed by atoms with van der Waals surface area (Å²) in [6.07, 6.45) is 0.